The SMILES string of the molecule is c1cc(-c2ccc(N(c3ccc(-c4ccc5oc6ccccc6c5c4)cc3)c3ccc(-c4cccc5oc6c7ccccc7ccc6c45)cc3)cc2)cc(-n2c3ccccc3c3ccccc32)c1. The van der Waals surface area contributed by atoms with Crippen LogP contribution in [0.2, 0.25) is 0 Å². The zero-order valence-corrected chi connectivity index (χ0v) is 36.8. The number of aromatic nitrogens is 1. The van der Waals surface area contributed by atoms with Crippen LogP contribution < -0.4 is 4.90 Å². The van der Waals surface area contributed by atoms with Gasteiger partial charge >= 0.3 is 0 Å². The lowest BCUT2D eigenvalue weighted by Gasteiger charge is -2.26. The van der Waals surface area contributed by atoms with Crippen molar-refractivity contribution >= 4 is 93.5 Å². The predicted molar refractivity (Wildman–Crippen MR) is 284 cm³/mol. The summed E-state index contributed by atoms with van der Waals surface area (Å²) >= 11 is 0. The molecule has 4 nitrogen and oxygen atoms in total. The van der Waals surface area contributed by atoms with Crippen LogP contribution in [0.3, 0.4) is 0 Å². The molecule has 0 bridgehead atoms. The fourth-order valence-corrected chi connectivity index (χ4v) is 10.6. The largest absolute Gasteiger partial charge is 0.456 e. The van der Waals surface area contributed by atoms with Crippen LogP contribution in [0.5, 0.6) is 0 Å². The molecule has 0 atom stereocenters. The second kappa shape index (κ2) is 15.2. The molecule has 68 heavy (non-hydrogen) atoms. The summed E-state index contributed by atoms with van der Waals surface area (Å²) in [4.78, 5) is 2.35. The van der Waals surface area contributed by atoms with Gasteiger partial charge in [-0.25, -0.2) is 0 Å². The van der Waals surface area contributed by atoms with Gasteiger partial charge in [0.25, 0.3) is 0 Å². The fraction of sp³-hybridized carbons (Fsp3) is 0. The number of rotatable bonds is 7. The molecule has 11 aromatic carbocycles. The summed E-state index contributed by atoms with van der Waals surface area (Å²) in [5.41, 5.74) is 17.2. The van der Waals surface area contributed by atoms with E-state index in [1.165, 1.54) is 27.2 Å². The second-order valence-corrected chi connectivity index (χ2v) is 17.6. The van der Waals surface area contributed by atoms with Crippen molar-refractivity contribution < 1.29 is 8.83 Å². The first kappa shape index (κ1) is 38.2. The summed E-state index contributed by atoms with van der Waals surface area (Å²) in [6, 6.07) is 87.0. The minimum atomic E-state index is 0.889. The van der Waals surface area contributed by atoms with E-state index in [0.717, 1.165) is 105 Å². The first-order valence-electron chi connectivity index (χ1n) is 23.1. The average molecular weight is 869 g/mol. The first-order chi connectivity index (χ1) is 33.7. The van der Waals surface area contributed by atoms with Crippen LogP contribution in [0.1, 0.15) is 0 Å². The van der Waals surface area contributed by atoms with Crippen molar-refractivity contribution in [2.24, 2.45) is 0 Å². The third kappa shape index (κ3) is 6.08. The number of hydrogen-bond donors (Lipinski definition) is 0. The lowest BCUT2D eigenvalue weighted by Crippen LogP contribution is -2.09. The quantitative estimate of drug-likeness (QED) is 0.160. The smallest absolute Gasteiger partial charge is 0.143 e. The summed E-state index contributed by atoms with van der Waals surface area (Å²) in [5, 5.41) is 9.32. The average Bonchev–Trinajstić information content (AvgIpc) is 4.09. The molecule has 0 aliphatic carbocycles. The molecule has 0 amide bonds. The van der Waals surface area contributed by atoms with E-state index in [2.05, 4.69) is 240 Å². The second-order valence-electron chi connectivity index (χ2n) is 17.6. The number of nitrogens with zero attached hydrogens (tertiary/aromatic N) is 2. The van der Waals surface area contributed by atoms with Crippen molar-refractivity contribution in [1.29, 1.82) is 0 Å². The molecule has 318 valence electrons. The van der Waals surface area contributed by atoms with Crippen molar-refractivity contribution in [3.63, 3.8) is 0 Å². The van der Waals surface area contributed by atoms with Crippen molar-refractivity contribution in [3.8, 4) is 39.1 Å². The molecule has 0 fully saturated rings. The van der Waals surface area contributed by atoms with Crippen LogP contribution >= 0.6 is 0 Å². The Bertz CT molecular complexity index is 4200. The Morgan fingerprint density at radius 2 is 0.853 bits per heavy atom. The highest BCUT2D eigenvalue weighted by atomic mass is 16.3. The summed E-state index contributed by atoms with van der Waals surface area (Å²) in [6.07, 6.45) is 0. The van der Waals surface area contributed by atoms with Gasteiger partial charge in [-0.05, 0) is 130 Å². The Morgan fingerprint density at radius 1 is 0.309 bits per heavy atom. The molecule has 0 aliphatic heterocycles. The Labute approximate surface area is 391 Å². The molecular weight excluding hydrogens is 829 g/mol. The number of hydrogen-bond acceptors (Lipinski definition) is 3. The molecule has 0 spiro atoms. The van der Waals surface area contributed by atoms with Gasteiger partial charge in [-0.2, -0.15) is 0 Å². The Hall–Kier alpha value is -9.12. The molecule has 3 aromatic heterocycles. The molecule has 4 heteroatoms. The molecule has 0 N–H and O–H groups in total. The van der Waals surface area contributed by atoms with Gasteiger partial charge in [0.15, 0.2) is 0 Å². The van der Waals surface area contributed by atoms with Crippen molar-refractivity contribution in [2.45, 2.75) is 0 Å². The fourth-order valence-electron chi connectivity index (χ4n) is 10.6. The number of anilines is 3. The molecule has 3 heterocycles. The van der Waals surface area contributed by atoms with Crippen molar-refractivity contribution in [3.05, 3.63) is 243 Å². The van der Waals surface area contributed by atoms with Crippen LogP contribution in [-0.4, -0.2) is 4.57 Å². The highest BCUT2D eigenvalue weighted by molar-refractivity contribution is 6.19. The third-order valence-electron chi connectivity index (χ3n) is 13.8. The van der Waals surface area contributed by atoms with E-state index >= 15 is 0 Å². The van der Waals surface area contributed by atoms with Crippen LogP contribution in [0.4, 0.5) is 17.1 Å². The van der Waals surface area contributed by atoms with E-state index < -0.39 is 0 Å². The van der Waals surface area contributed by atoms with Crippen LogP contribution in [0.15, 0.2) is 251 Å². The lowest BCUT2D eigenvalue weighted by molar-refractivity contribution is 0.669. The Kier molecular flexibility index (Phi) is 8.55. The molecule has 0 radical (unpaired) electrons. The van der Waals surface area contributed by atoms with E-state index in [0.29, 0.717) is 0 Å². The molecule has 0 unspecified atom stereocenters. The van der Waals surface area contributed by atoms with Crippen LogP contribution in [0, 0.1) is 0 Å². The zero-order chi connectivity index (χ0) is 44.7. The maximum atomic E-state index is 6.57. The van der Waals surface area contributed by atoms with E-state index in [9.17, 15) is 0 Å². The van der Waals surface area contributed by atoms with E-state index in [1.54, 1.807) is 0 Å². The number of furan rings is 2. The lowest BCUT2D eigenvalue weighted by atomic mass is 9.98. The van der Waals surface area contributed by atoms with Crippen LogP contribution in [-0.2, 0) is 0 Å². The first-order valence-corrected chi connectivity index (χ1v) is 23.1. The Balaban J connectivity index is 0.853. The van der Waals surface area contributed by atoms with Gasteiger partial charge in [0.05, 0.1) is 11.0 Å². The Morgan fingerprint density at radius 3 is 1.56 bits per heavy atom. The molecule has 0 saturated carbocycles. The van der Waals surface area contributed by atoms with Crippen molar-refractivity contribution in [2.75, 3.05) is 4.90 Å². The number of benzene rings is 11. The van der Waals surface area contributed by atoms with Gasteiger partial charge in [-0.1, -0.05) is 152 Å². The number of para-hydroxylation sites is 3. The standard InChI is InChI=1S/C64H40N2O2/c1-2-14-52-43(11-1)29-37-56-63-51(18-10-22-62(63)68-64(52)56)44-27-35-49(36-28-44)65(48-33-25-42(26-34-48)46-30-38-61-57(40-46)55-17-5-8-21-60(55)67-61)47-31-23-41(24-32-47)45-12-9-13-50(39-45)66-58-19-6-3-15-53(58)54-16-4-7-20-59(54)66/h1-40H. The monoisotopic (exact) mass is 868 g/mol. The van der Waals surface area contributed by atoms with Crippen molar-refractivity contribution in [1.82, 2.24) is 4.57 Å². The predicted octanol–water partition coefficient (Wildman–Crippen LogP) is 18.2. The topological polar surface area (TPSA) is 34.5 Å². The molecule has 0 saturated heterocycles. The van der Waals surface area contributed by atoms with E-state index in [4.69, 9.17) is 8.83 Å². The van der Waals surface area contributed by atoms with E-state index in [-0.39, 0.29) is 0 Å². The van der Waals surface area contributed by atoms with Gasteiger partial charge in [-0.3, -0.25) is 0 Å². The molecular formula is C64H40N2O2. The minimum Gasteiger partial charge on any atom is -0.456 e. The summed E-state index contributed by atoms with van der Waals surface area (Å²) in [5.74, 6) is 0. The normalized spacial score (nSPS) is 11.8. The van der Waals surface area contributed by atoms with E-state index in [1.807, 2.05) is 12.1 Å². The summed E-state index contributed by atoms with van der Waals surface area (Å²) < 4.78 is 15.1. The zero-order valence-electron chi connectivity index (χ0n) is 36.8. The maximum absolute atomic E-state index is 6.57. The number of fused-ring (bicyclic) bond motifs is 11. The van der Waals surface area contributed by atoms with Gasteiger partial charge in [0.1, 0.15) is 22.3 Å². The molecule has 14 rings (SSSR count). The van der Waals surface area contributed by atoms with Crippen LogP contribution in [0.25, 0.3) is 116 Å². The summed E-state index contributed by atoms with van der Waals surface area (Å²) in [6.45, 7) is 0. The van der Waals surface area contributed by atoms with Gasteiger partial charge in [0.2, 0.25) is 0 Å². The van der Waals surface area contributed by atoms with Gasteiger partial charge in [0, 0.05) is 60.5 Å². The third-order valence-corrected chi connectivity index (χ3v) is 13.8. The van der Waals surface area contributed by atoms with Gasteiger partial charge in [-0.15, -0.1) is 0 Å². The minimum absolute atomic E-state index is 0.889. The molecule has 0 aliphatic rings. The summed E-state index contributed by atoms with van der Waals surface area (Å²) in [7, 11) is 0. The maximum Gasteiger partial charge on any atom is 0.143 e. The van der Waals surface area contributed by atoms with Gasteiger partial charge < -0.3 is 18.3 Å². The molecule has 14 aromatic rings. The highest BCUT2D eigenvalue weighted by Crippen LogP contribution is 2.43. The highest BCUT2D eigenvalue weighted by Gasteiger charge is 2.18.